The van der Waals surface area contributed by atoms with Crippen molar-refractivity contribution in [3.05, 3.63) is 101 Å². The van der Waals surface area contributed by atoms with Gasteiger partial charge in [-0.1, -0.05) is 60.7 Å². The molecule has 12 heteroatoms. The van der Waals surface area contributed by atoms with Crippen LogP contribution in [0.1, 0.15) is 47.1 Å². The molecule has 3 aliphatic heterocycles. The molecule has 0 aliphatic carbocycles. The Morgan fingerprint density at radius 2 is 1.04 bits per heavy atom. The van der Waals surface area contributed by atoms with Crippen LogP contribution in [0.15, 0.2) is 72.8 Å². The molecule has 0 bridgehead atoms. The minimum Gasteiger partial charge on any atom is -0.481 e. The molecule has 0 saturated carbocycles. The van der Waals surface area contributed by atoms with Gasteiger partial charge in [-0.3, -0.25) is 19.2 Å². The van der Waals surface area contributed by atoms with Gasteiger partial charge in [0, 0.05) is 25.3 Å². The van der Waals surface area contributed by atoms with Crippen molar-refractivity contribution in [3.8, 4) is 0 Å². The number of aliphatic carboxylic acids is 3. The highest BCUT2D eigenvalue weighted by Crippen LogP contribution is 2.27. The van der Waals surface area contributed by atoms with Gasteiger partial charge in [0.25, 0.3) is 0 Å². The van der Waals surface area contributed by atoms with Crippen LogP contribution in [0.3, 0.4) is 0 Å². The number of hydrogen-bond acceptors (Lipinski definition) is 8. The second-order valence-electron chi connectivity index (χ2n) is 16.0. The SMILES string of the molecule is O=C(O)[C@@H](Cc1cccc(CC(=O)N(CCNc2cccc(C[C@H](C(=O)O)[C@H]3CCNC3)c2)Cc2cccc(C[C@H](C(=O)O)[C@H]3CCNC3)c2)c1)[C@H]1CCNC1. The zero-order valence-electron chi connectivity index (χ0n) is 32.1. The highest BCUT2D eigenvalue weighted by molar-refractivity contribution is 5.79. The first kappa shape index (κ1) is 40.9. The molecule has 3 aromatic carbocycles. The fourth-order valence-electron chi connectivity index (χ4n) is 8.85. The largest absolute Gasteiger partial charge is 0.481 e. The van der Waals surface area contributed by atoms with Gasteiger partial charge in [0.2, 0.25) is 5.91 Å². The third-order valence-electron chi connectivity index (χ3n) is 12.0. The number of amides is 1. The minimum absolute atomic E-state index is 0.0704. The Labute approximate surface area is 329 Å². The molecule has 0 aromatic heterocycles. The maximum atomic E-state index is 14.2. The van der Waals surface area contributed by atoms with Crippen molar-refractivity contribution in [2.24, 2.45) is 35.5 Å². The molecule has 3 saturated heterocycles. The lowest BCUT2D eigenvalue weighted by atomic mass is 9.86. The van der Waals surface area contributed by atoms with Crippen LogP contribution < -0.4 is 21.3 Å². The predicted molar refractivity (Wildman–Crippen MR) is 214 cm³/mol. The quantitative estimate of drug-likeness (QED) is 0.0886. The Bertz CT molecular complexity index is 1800. The number of carboxylic acid groups (broad SMARTS) is 3. The van der Waals surface area contributed by atoms with Gasteiger partial charge in [-0.25, -0.2) is 0 Å². The maximum absolute atomic E-state index is 14.2. The van der Waals surface area contributed by atoms with E-state index in [-0.39, 0.29) is 30.1 Å². The molecule has 1 amide bonds. The van der Waals surface area contributed by atoms with Crippen molar-refractivity contribution >= 4 is 29.5 Å². The summed E-state index contributed by atoms with van der Waals surface area (Å²) < 4.78 is 0. The molecule has 0 radical (unpaired) electrons. The molecule has 3 heterocycles. The van der Waals surface area contributed by atoms with Crippen LogP contribution in [0.2, 0.25) is 0 Å². The number of carbonyl (C=O) groups is 4. The summed E-state index contributed by atoms with van der Waals surface area (Å²) in [6.45, 7) is 5.77. The van der Waals surface area contributed by atoms with Gasteiger partial charge < -0.3 is 41.5 Å². The second kappa shape index (κ2) is 19.9. The first-order chi connectivity index (χ1) is 27.1. The van der Waals surface area contributed by atoms with Crippen LogP contribution >= 0.6 is 0 Å². The van der Waals surface area contributed by atoms with Crippen LogP contribution in [0.25, 0.3) is 0 Å². The maximum Gasteiger partial charge on any atom is 0.307 e. The lowest BCUT2D eigenvalue weighted by molar-refractivity contribution is -0.144. The zero-order chi connectivity index (χ0) is 39.4. The number of rotatable bonds is 20. The molecule has 300 valence electrons. The number of nitrogens with one attached hydrogen (secondary N) is 4. The lowest BCUT2D eigenvalue weighted by Crippen LogP contribution is -2.35. The normalized spacial score (nSPS) is 21.0. The number of benzene rings is 3. The van der Waals surface area contributed by atoms with E-state index >= 15 is 0 Å². The van der Waals surface area contributed by atoms with Crippen LogP contribution in [0.4, 0.5) is 5.69 Å². The lowest BCUT2D eigenvalue weighted by Gasteiger charge is -2.25. The number of hydrogen-bond donors (Lipinski definition) is 7. The molecule has 3 fully saturated rings. The van der Waals surface area contributed by atoms with E-state index in [4.69, 9.17) is 0 Å². The standard InChI is InChI=1S/C44H57N5O7/c50-41(24-31-6-1-4-29(18-31)21-38(42(51)52)34-10-13-45-25-34)49(28-33-8-2-5-30(19-33)22-39(43(53)54)35-11-14-46-26-35)17-16-48-37-9-3-7-32(20-37)23-40(44(55)56)36-12-15-47-27-36/h1-9,18-20,34-36,38-40,45-48H,10-17,21-28H2,(H,51,52)(H,53,54)(H,55,56)/t34-,35-,36-,38-,39-,40-/m0/s1. The van der Waals surface area contributed by atoms with Crippen molar-refractivity contribution < 1.29 is 34.5 Å². The first-order valence-electron chi connectivity index (χ1n) is 20.2. The van der Waals surface area contributed by atoms with Crippen molar-refractivity contribution in [2.45, 2.75) is 51.5 Å². The van der Waals surface area contributed by atoms with Gasteiger partial charge in [-0.05, 0) is 135 Å². The number of nitrogens with zero attached hydrogens (tertiary/aromatic N) is 1. The highest BCUT2D eigenvalue weighted by atomic mass is 16.4. The van der Waals surface area contributed by atoms with Gasteiger partial charge in [-0.2, -0.15) is 0 Å². The molecule has 3 aliphatic rings. The monoisotopic (exact) mass is 767 g/mol. The van der Waals surface area contributed by atoms with E-state index < -0.39 is 35.7 Å². The summed E-state index contributed by atoms with van der Waals surface area (Å²) in [4.78, 5) is 52.6. The Kier molecular flexibility index (Phi) is 14.5. The summed E-state index contributed by atoms with van der Waals surface area (Å²) in [6, 6.07) is 23.4. The molecule has 12 nitrogen and oxygen atoms in total. The topological polar surface area (TPSA) is 180 Å². The first-order valence-corrected chi connectivity index (χ1v) is 20.2. The summed E-state index contributed by atoms with van der Waals surface area (Å²) in [5.74, 6) is -3.64. The van der Waals surface area contributed by atoms with Crippen LogP contribution in [0.5, 0.6) is 0 Å². The Morgan fingerprint density at radius 1 is 0.607 bits per heavy atom. The molecule has 56 heavy (non-hydrogen) atoms. The van der Waals surface area contributed by atoms with E-state index in [1.165, 1.54) is 0 Å². The van der Waals surface area contributed by atoms with E-state index in [0.717, 1.165) is 72.4 Å². The third-order valence-corrected chi connectivity index (χ3v) is 12.0. The average molecular weight is 768 g/mol. The highest BCUT2D eigenvalue weighted by Gasteiger charge is 2.33. The fourth-order valence-corrected chi connectivity index (χ4v) is 8.85. The zero-order valence-corrected chi connectivity index (χ0v) is 32.1. The van der Waals surface area contributed by atoms with Crippen molar-refractivity contribution in [1.82, 2.24) is 20.9 Å². The van der Waals surface area contributed by atoms with Gasteiger partial charge in [0.05, 0.1) is 24.2 Å². The molecule has 6 rings (SSSR count). The minimum atomic E-state index is -0.797. The van der Waals surface area contributed by atoms with Gasteiger partial charge >= 0.3 is 17.9 Å². The summed E-state index contributed by atoms with van der Waals surface area (Å²) in [5, 5.41) is 43.3. The summed E-state index contributed by atoms with van der Waals surface area (Å²) >= 11 is 0. The summed E-state index contributed by atoms with van der Waals surface area (Å²) in [5.41, 5.74) is 5.35. The van der Waals surface area contributed by atoms with Crippen molar-refractivity contribution in [1.29, 1.82) is 0 Å². The summed E-state index contributed by atoms with van der Waals surface area (Å²) in [6.07, 6.45) is 3.94. The van der Waals surface area contributed by atoms with E-state index in [1.54, 1.807) is 0 Å². The number of carboxylic acids is 3. The predicted octanol–water partition coefficient (Wildman–Crippen LogP) is 3.93. The third kappa shape index (κ3) is 11.4. The van der Waals surface area contributed by atoms with Gasteiger partial charge in [-0.15, -0.1) is 0 Å². The molecular formula is C44H57N5O7. The number of anilines is 1. The Balaban J connectivity index is 1.15. The summed E-state index contributed by atoms with van der Waals surface area (Å²) in [7, 11) is 0. The molecule has 0 spiro atoms. The molecule has 0 unspecified atom stereocenters. The van der Waals surface area contributed by atoms with Crippen LogP contribution in [-0.2, 0) is 51.4 Å². The van der Waals surface area contributed by atoms with E-state index in [9.17, 15) is 34.5 Å². The van der Waals surface area contributed by atoms with E-state index in [2.05, 4.69) is 21.3 Å². The molecule has 3 aromatic rings. The molecule has 6 atom stereocenters. The van der Waals surface area contributed by atoms with E-state index in [1.807, 2.05) is 77.7 Å². The molecule has 7 N–H and O–H groups in total. The van der Waals surface area contributed by atoms with Crippen molar-refractivity contribution in [2.75, 3.05) is 57.7 Å². The van der Waals surface area contributed by atoms with Gasteiger partial charge in [0.15, 0.2) is 0 Å². The van der Waals surface area contributed by atoms with Crippen LogP contribution in [-0.4, -0.2) is 96.4 Å². The smallest absolute Gasteiger partial charge is 0.307 e. The Hall–Kier alpha value is -4.78. The Morgan fingerprint density at radius 3 is 1.50 bits per heavy atom. The fraction of sp³-hybridized carbons (Fsp3) is 0.500. The van der Waals surface area contributed by atoms with Crippen LogP contribution in [0, 0.1) is 35.5 Å². The van der Waals surface area contributed by atoms with E-state index in [0.29, 0.717) is 58.5 Å². The average Bonchev–Trinajstić information content (AvgIpc) is 4.00. The number of carbonyl (C=O) groups excluding carboxylic acids is 1. The molecular weight excluding hydrogens is 711 g/mol. The van der Waals surface area contributed by atoms with Crippen molar-refractivity contribution in [3.63, 3.8) is 0 Å². The van der Waals surface area contributed by atoms with Gasteiger partial charge in [0.1, 0.15) is 0 Å². The second-order valence-corrected chi connectivity index (χ2v) is 16.0.